The molecule has 3 amide bonds. The van der Waals surface area contributed by atoms with E-state index < -0.39 is 67.7 Å². The molecule has 0 bridgehead atoms. The fourth-order valence-corrected chi connectivity index (χ4v) is 2.26. The molecule has 0 heterocycles. The first kappa shape index (κ1) is 25.1. The van der Waals surface area contributed by atoms with Gasteiger partial charge in [-0.2, -0.15) is 11.8 Å². The number of hydrogen-bond donors (Lipinski definition) is 8. The number of aliphatic hydroxyl groups excluding tert-OH is 3. The average molecular weight is 410 g/mol. The van der Waals surface area contributed by atoms with Crippen LogP contribution >= 0.6 is 11.8 Å². The molecule has 0 aliphatic rings. The zero-order valence-corrected chi connectivity index (χ0v) is 15.6. The fourth-order valence-electron chi connectivity index (χ4n) is 1.77. The van der Waals surface area contributed by atoms with Gasteiger partial charge in [0.05, 0.1) is 25.9 Å². The number of hydrogen-bond acceptors (Lipinski definition) is 9. The number of carboxylic acids is 1. The molecule has 0 aliphatic carbocycles. The minimum atomic E-state index is -1.62. The van der Waals surface area contributed by atoms with Crippen LogP contribution in [-0.4, -0.2) is 100 Å². The Balaban J connectivity index is 4.83. The number of thioether (sulfide) groups is 1. The maximum atomic E-state index is 12.1. The van der Waals surface area contributed by atoms with Crippen molar-refractivity contribution in [3.8, 4) is 0 Å². The number of aliphatic hydroxyl groups is 3. The maximum Gasteiger partial charge on any atom is 0.328 e. The lowest BCUT2D eigenvalue weighted by atomic mass is 10.2. The molecule has 0 saturated carbocycles. The molecule has 0 spiro atoms. The summed E-state index contributed by atoms with van der Waals surface area (Å²) in [6.45, 7) is -2.56. The second-order valence-electron chi connectivity index (χ2n) is 5.46. The van der Waals surface area contributed by atoms with Gasteiger partial charge in [0.2, 0.25) is 17.7 Å². The van der Waals surface area contributed by atoms with E-state index in [0.717, 1.165) is 0 Å². The lowest BCUT2D eigenvalue weighted by Gasteiger charge is -2.23. The number of amides is 3. The molecule has 0 fully saturated rings. The fraction of sp³-hybridized carbons (Fsp3) is 0.714. The highest BCUT2D eigenvalue weighted by Crippen LogP contribution is 1.99. The highest BCUT2D eigenvalue weighted by molar-refractivity contribution is 7.98. The van der Waals surface area contributed by atoms with Gasteiger partial charge in [0.25, 0.3) is 0 Å². The van der Waals surface area contributed by atoms with Crippen LogP contribution in [-0.2, 0) is 19.2 Å². The zero-order chi connectivity index (χ0) is 21.0. The second kappa shape index (κ2) is 13.3. The second-order valence-corrected chi connectivity index (χ2v) is 6.44. The molecule has 0 rings (SSSR count). The molecular formula is C14H26N4O8S. The van der Waals surface area contributed by atoms with Gasteiger partial charge in [-0.3, -0.25) is 14.4 Å². The Morgan fingerprint density at radius 2 is 1.26 bits per heavy atom. The highest BCUT2D eigenvalue weighted by atomic mass is 32.2. The first-order valence-corrected chi connectivity index (χ1v) is 9.32. The van der Waals surface area contributed by atoms with E-state index >= 15 is 0 Å². The summed E-state index contributed by atoms with van der Waals surface area (Å²) in [5.41, 5.74) is 5.66. The van der Waals surface area contributed by atoms with Gasteiger partial charge < -0.3 is 42.1 Å². The number of rotatable bonds is 13. The Kier molecular flexibility index (Phi) is 12.3. The number of nitrogens with two attached hydrogens (primary N) is 1. The van der Waals surface area contributed by atoms with Gasteiger partial charge >= 0.3 is 5.97 Å². The summed E-state index contributed by atoms with van der Waals surface area (Å²) in [6.07, 6.45) is 2.19. The Bertz CT molecular complexity index is 521. The quantitative estimate of drug-likeness (QED) is 0.146. The molecular weight excluding hydrogens is 384 g/mol. The lowest BCUT2D eigenvalue weighted by molar-refractivity contribution is -0.143. The first-order valence-electron chi connectivity index (χ1n) is 7.92. The molecule has 4 atom stereocenters. The monoisotopic (exact) mass is 410 g/mol. The van der Waals surface area contributed by atoms with Crippen LogP contribution in [0.1, 0.15) is 6.42 Å². The van der Waals surface area contributed by atoms with Crippen molar-refractivity contribution in [1.29, 1.82) is 0 Å². The summed E-state index contributed by atoms with van der Waals surface area (Å²) in [6, 6.07) is -5.49. The van der Waals surface area contributed by atoms with Gasteiger partial charge in [-0.15, -0.1) is 0 Å². The first-order chi connectivity index (χ1) is 12.7. The maximum absolute atomic E-state index is 12.1. The molecule has 27 heavy (non-hydrogen) atoms. The largest absolute Gasteiger partial charge is 0.480 e. The summed E-state index contributed by atoms with van der Waals surface area (Å²) in [7, 11) is 0. The van der Waals surface area contributed by atoms with Crippen molar-refractivity contribution in [3.63, 3.8) is 0 Å². The third kappa shape index (κ3) is 9.01. The Morgan fingerprint density at radius 3 is 1.63 bits per heavy atom. The van der Waals surface area contributed by atoms with Gasteiger partial charge in [-0.1, -0.05) is 0 Å². The minimum Gasteiger partial charge on any atom is -0.480 e. The summed E-state index contributed by atoms with van der Waals surface area (Å²) in [4.78, 5) is 46.7. The van der Waals surface area contributed by atoms with Crippen LogP contribution in [0.5, 0.6) is 0 Å². The van der Waals surface area contributed by atoms with E-state index in [1.54, 1.807) is 0 Å². The van der Waals surface area contributed by atoms with Gasteiger partial charge in [0, 0.05) is 0 Å². The van der Waals surface area contributed by atoms with Gasteiger partial charge in [-0.25, -0.2) is 4.79 Å². The number of carbonyl (C=O) groups is 4. The van der Waals surface area contributed by atoms with E-state index in [1.807, 2.05) is 11.6 Å². The molecule has 0 aromatic carbocycles. The van der Waals surface area contributed by atoms with Crippen LogP contribution in [0.3, 0.4) is 0 Å². The number of nitrogens with one attached hydrogen (secondary N) is 3. The van der Waals surface area contributed by atoms with E-state index in [0.29, 0.717) is 12.2 Å². The summed E-state index contributed by atoms with van der Waals surface area (Å²) in [5.74, 6) is -3.60. The Hall–Kier alpha value is -1.93. The van der Waals surface area contributed by atoms with Crippen molar-refractivity contribution < 1.29 is 39.6 Å². The van der Waals surface area contributed by atoms with Crippen molar-refractivity contribution in [2.75, 3.05) is 31.8 Å². The van der Waals surface area contributed by atoms with Crippen molar-refractivity contribution in [1.82, 2.24) is 16.0 Å². The van der Waals surface area contributed by atoms with Crippen molar-refractivity contribution in [2.45, 2.75) is 30.6 Å². The lowest BCUT2D eigenvalue weighted by Crippen LogP contribution is -2.59. The highest BCUT2D eigenvalue weighted by Gasteiger charge is 2.29. The van der Waals surface area contributed by atoms with Crippen molar-refractivity contribution in [2.24, 2.45) is 5.73 Å². The van der Waals surface area contributed by atoms with Gasteiger partial charge in [-0.05, 0) is 18.4 Å². The normalized spacial score (nSPS) is 15.1. The summed E-state index contributed by atoms with van der Waals surface area (Å²) in [5, 5.41) is 42.4. The summed E-state index contributed by atoms with van der Waals surface area (Å²) < 4.78 is 0. The molecule has 9 N–H and O–H groups in total. The predicted molar refractivity (Wildman–Crippen MR) is 95.7 cm³/mol. The van der Waals surface area contributed by atoms with Crippen molar-refractivity contribution in [3.05, 3.63) is 0 Å². The molecule has 0 radical (unpaired) electrons. The average Bonchev–Trinajstić information content (AvgIpc) is 2.65. The number of carboxylic acid groups (broad SMARTS) is 1. The van der Waals surface area contributed by atoms with Crippen LogP contribution in [0.2, 0.25) is 0 Å². The summed E-state index contributed by atoms with van der Waals surface area (Å²) >= 11 is 1.48. The van der Waals surface area contributed by atoms with Crippen LogP contribution in [0.4, 0.5) is 0 Å². The Morgan fingerprint density at radius 1 is 0.852 bits per heavy atom. The third-order valence-corrected chi connectivity index (χ3v) is 4.04. The molecule has 0 aromatic heterocycles. The third-order valence-electron chi connectivity index (χ3n) is 3.40. The predicted octanol–water partition coefficient (Wildman–Crippen LogP) is -4.42. The SMILES string of the molecule is CSCC[C@H](N)C(=O)N[C@@H](CO)C(=O)N[C@@H](CO)C(=O)N[C@@H](CO)C(=O)O. The minimum absolute atomic E-state index is 0.353. The van der Waals surface area contributed by atoms with E-state index in [2.05, 4.69) is 10.6 Å². The molecule has 156 valence electrons. The van der Waals surface area contributed by atoms with E-state index in [4.69, 9.17) is 15.9 Å². The molecule has 0 aromatic rings. The van der Waals surface area contributed by atoms with E-state index in [1.165, 1.54) is 11.8 Å². The van der Waals surface area contributed by atoms with Crippen LogP contribution in [0.15, 0.2) is 0 Å². The van der Waals surface area contributed by atoms with Crippen molar-refractivity contribution >= 4 is 35.5 Å². The molecule has 0 saturated heterocycles. The molecule has 0 aliphatic heterocycles. The molecule has 0 unspecified atom stereocenters. The van der Waals surface area contributed by atoms with Crippen LogP contribution < -0.4 is 21.7 Å². The van der Waals surface area contributed by atoms with E-state index in [9.17, 15) is 29.4 Å². The smallest absolute Gasteiger partial charge is 0.328 e. The Labute approximate surface area is 159 Å². The van der Waals surface area contributed by atoms with Crippen LogP contribution in [0, 0.1) is 0 Å². The zero-order valence-electron chi connectivity index (χ0n) is 14.8. The number of carbonyl (C=O) groups excluding carboxylic acids is 3. The standard InChI is InChI=1S/C14H26N4O8S/c1-27-3-2-7(15)11(22)16-8(4-19)12(23)17-9(5-20)13(24)18-10(6-21)14(25)26/h7-10,19-21H,2-6,15H2,1H3,(H,16,22)(H,17,23)(H,18,24)(H,25,26)/t7-,8-,9-,10-/m0/s1. The molecule has 12 nitrogen and oxygen atoms in total. The number of aliphatic carboxylic acids is 1. The molecule has 13 heteroatoms. The van der Waals surface area contributed by atoms with Crippen LogP contribution in [0.25, 0.3) is 0 Å². The van der Waals surface area contributed by atoms with Gasteiger partial charge in [0.15, 0.2) is 0 Å². The van der Waals surface area contributed by atoms with E-state index in [-0.39, 0.29) is 0 Å². The van der Waals surface area contributed by atoms with Gasteiger partial charge in [0.1, 0.15) is 18.1 Å². The topological polar surface area (TPSA) is 211 Å².